The number of halogens is 1. The van der Waals surface area contributed by atoms with Crippen molar-refractivity contribution in [1.82, 2.24) is 24.9 Å². The summed E-state index contributed by atoms with van der Waals surface area (Å²) in [6.45, 7) is 4.33. The lowest BCUT2D eigenvalue weighted by Gasteiger charge is -2.33. The van der Waals surface area contributed by atoms with Crippen LogP contribution in [0, 0.1) is 11.3 Å². The van der Waals surface area contributed by atoms with Crippen LogP contribution in [-0.2, 0) is 18.3 Å². The third-order valence-corrected chi connectivity index (χ3v) is 10.1. The maximum Gasteiger partial charge on any atom is 0.217 e. The Balaban J connectivity index is 1.30. The van der Waals surface area contributed by atoms with Crippen molar-refractivity contribution in [2.45, 2.75) is 81.5 Å². The fourth-order valence-electron chi connectivity index (χ4n) is 8.04. The summed E-state index contributed by atoms with van der Waals surface area (Å²) in [7, 11) is 4.07. The summed E-state index contributed by atoms with van der Waals surface area (Å²) in [6, 6.07) is 8.19. The Hall–Kier alpha value is -3.55. The number of nitrogen functional groups attached to an aromatic ring is 1. The minimum atomic E-state index is -0.844. The van der Waals surface area contributed by atoms with Crippen LogP contribution in [0.2, 0.25) is 0 Å². The lowest BCUT2D eigenvalue weighted by atomic mass is 9.68. The molecule has 4 heterocycles. The van der Waals surface area contributed by atoms with Gasteiger partial charge in [0.1, 0.15) is 18.3 Å². The van der Waals surface area contributed by atoms with Crippen molar-refractivity contribution in [3.8, 4) is 23.5 Å². The Labute approximate surface area is 245 Å². The average molecular weight is 572 g/mol. The number of alkyl halides is 1. The molecule has 0 amide bonds. The van der Waals surface area contributed by atoms with Crippen LogP contribution in [0.15, 0.2) is 22.7 Å². The molecule has 2 aliphatic heterocycles. The van der Waals surface area contributed by atoms with Gasteiger partial charge in [-0.1, -0.05) is 11.2 Å². The molecule has 0 radical (unpaired) electrons. The fraction of sp³-hybridized carbons (Fsp3) is 0.562. The molecule has 4 aliphatic rings. The summed E-state index contributed by atoms with van der Waals surface area (Å²) in [6.07, 6.45) is 4.71. The second kappa shape index (κ2) is 10.3. The maximum atomic E-state index is 14.2. The predicted octanol–water partition coefficient (Wildman–Crippen LogP) is 4.38. The van der Waals surface area contributed by atoms with Crippen LogP contribution < -0.4 is 10.5 Å². The lowest BCUT2D eigenvalue weighted by molar-refractivity contribution is 0.116. The molecule has 1 spiro atoms. The highest BCUT2D eigenvalue weighted by atomic mass is 19.1. The maximum absolute atomic E-state index is 14.2. The smallest absolute Gasteiger partial charge is 0.217 e. The number of aromatic nitrogens is 3. The molecule has 10 heteroatoms. The number of ether oxygens (including phenoxy) is 1. The zero-order valence-corrected chi connectivity index (χ0v) is 24.6. The van der Waals surface area contributed by atoms with Gasteiger partial charge in [0.25, 0.3) is 0 Å². The van der Waals surface area contributed by atoms with Crippen LogP contribution in [0.4, 0.5) is 10.1 Å². The van der Waals surface area contributed by atoms with Gasteiger partial charge in [0.05, 0.1) is 16.7 Å². The second-order valence-electron chi connectivity index (χ2n) is 12.8. The predicted molar refractivity (Wildman–Crippen MR) is 156 cm³/mol. The van der Waals surface area contributed by atoms with E-state index in [9.17, 15) is 9.65 Å². The second-order valence-corrected chi connectivity index (χ2v) is 12.8. The number of nitrogens with zero attached hydrogens (tertiary/aromatic N) is 6. The van der Waals surface area contributed by atoms with Gasteiger partial charge in [-0.05, 0) is 89.7 Å². The molecule has 2 fully saturated rings. The van der Waals surface area contributed by atoms with Gasteiger partial charge in [-0.2, -0.15) is 10.2 Å². The SMILES string of the molecule is CC(Oc1cc(C2CCN(C)C2)nc(-c2noc3c2CCCC32CCc3ccc(N)c(C#N)c32)n1)C1CC(F)CN1C. The largest absolute Gasteiger partial charge is 0.473 e. The summed E-state index contributed by atoms with van der Waals surface area (Å²) in [5, 5.41) is 14.7. The van der Waals surface area contributed by atoms with Gasteiger partial charge in [0, 0.05) is 42.4 Å². The van der Waals surface area contributed by atoms with Gasteiger partial charge in [-0.25, -0.2) is 9.37 Å². The first-order chi connectivity index (χ1) is 20.3. The van der Waals surface area contributed by atoms with Crippen molar-refractivity contribution in [2.75, 3.05) is 39.5 Å². The summed E-state index contributed by atoms with van der Waals surface area (Å²) in [5.41, 5.74) is 11.7. The molecule has 42 heavy (non-hydrogen) atoms. The van der Waals surface area contributed by atoms with Crippen LogP contribution in [0.1, 0.15) is 78.7 Å². The molecule has 0 bridgehead atoms. The van der Waals surface area contributed by atoms with Crippen LogP contribution in [0.3, 0.4) is 0 Å². The van der Waals surface area contributed by atoms with E-state index in [0.29, 0.717) is 41.6 Å². The highest BCUT2D eigenvalue weighted by molar-refractivity contribution is 5.68. The number of benzene rings is 1. The Kier molecular flexibility index (Phi) is 6.70. The monoisotopic (exact) mass is 571 g/mol. The number of aryl methyl sites for hydroxylation is 1. The lowest BCUT2D eigenvalue weighted by Crippen LogP contribution is -2.38. The highest BCUT2D eigenvalue weighted by Gasteiger charge is 2.49. The number of nitrogens with two attached hydrogens (primary N) is 1. The van der Waals surface area contributed by atoms with E-state index in [1.54, 1.807) is 0 Å². The minimum absolute atomic E-state index is 0.0247. The van der Waals surface area contributed by atoms with E-state index in [0.717, 1.165) is 79.8 Å². The first kappa shape index (κ1) is 27.3. The first-order valence-corrected chi connectivity index (χ1v) is 15.2. The topological polar surface area (TPSA) is 117 Å². The van der Waals surface area contributed by atoms with Gasteiger partial charge >= 0.3 is 0 Å². The Morgan fingerprint density at radius 2 is 2.07 bits per heavy atom. The summed E-state index contributed by atoms with van der Waals surface area (Å²) in [5.74, 6) is 2.06. The van der Waals surface area contributed by atoms with Gasteiger partial charge in [0.2, 0.25) is 5.88 Å². The standard InChI is InChI=1S/C32H38FN7O2/c1-18(26-13-21(33)17-40(26)3)41-27-14-25(20-9-12-39(2)16-20)36-31(37-27)29-22-5-4-10-32(30(22)42-38-29)11-8-19-6-7-24(35)23(15-34)28(19)32/h6-7,14,18,20-21,26H,4-5,8-13,16-17,35H2,1-3H3. The van der Waals surface area contributed by atoms with Gasteiger partial charge in [-0.3, -0.25) is 4.90 Å². The molecule has 2 N–H and O–H groups in total. The fourth-order valence-corrected chi connectivity index (χ4v) is 8.04. The average Bonchev–Trinajstić information content (AvgIpc) is 3.75. The van der Waals surface area contributed by atoms with E-state index in [1.165, 1.54) is 0 Å². The molecule has 7 rings (SSSR count). The number of likely N-dealkylation sites (N-methyl/N-ethyl adjacent to an activating group) is 2. The Morgan fingerprint density at radius 3 is 2.81 bits per heavy atom. The Morgan fingerprint density at radius 1 is 1.21 bits per heavy atom. The van der Waals surface area contributed by atoms with Crippen molar-refractivity contribution in [3.05, 3.63) is 51.9 Å². The first-order valence-electron chi connectivity index (χ1n) is 15.2. The van der Waals surface area contributed by atoms with E-state index < -0.39 is 11.6 Å². The normalized spacial score (nSPS) is 28.1. The molecule has 2 aliphatic carbocycles. The molecule has 3 aromatic rings. The zero-order chi connectivity index (χ0) is 29.2. The number of fused-ring (bicyclic) bond motifs is 4. The van der Waals surface area contributed by atoms with E-state index in [1.807, 2.05) is 31.0 Å². The minimum Gasteiger partial charge on any atom is -0.473 e. The third kappa shape index (κ3) is 4.36. The Bertz CT molecular complexity index is 1570. The van der Waals surface area contributed by atoms with Gasteiger partial charge < -0.3 is 19.9 Å². The number of likely N-dealkylation sites (tertiary alicyclic amines) is 2. The molecular weight excluding hydrogens is 533 g/mol. The molecule has 5 unspecified atom stereocenters. The van der Waals surface area contributed by atoms with Crippen LogP contribution in [0.25, 0.3) is 11.5 Å². The third-order valence-electron chi connectivity index (χ3n) is 10.1. The number of hydrogen-bond donors (Lipinski definition) is 1. The number of rotatable bonds is 5. The number of nitriles is 1. The van der Waals surface area contributed by atoms with Crippen molar-refractivity contribution >= 4 is 5.69 Å². The van der Waals surface area contributed by atoms with Crippen LogP contribution in [-0.4, -0.2) is 77.0 Å². The van der Waals surface area contributed by atoms with Gasteiger partial charge in [-0.15, -0.1) is 0 Å². The molecule has 220 valence electrons. The van der Waals surface area contributed by atoms with Crippen LogP contribution in [0.5, 0.6) is 5.88 Å². The molecule has 5 atom stereocenters. The zero-order valence-electron chi connectivity index (χ0n) is 24.6. The number of hydrogen-bond acceptors (Lipinski definition) is 9. The van der Waals surface area contributed by atoms with Crippen molar-refractivity contribution in [1.29, 1.82) is 5.26 Å². The quantitative estimate of drug-likeness (QED) is 0.445. The van der Waals surface area contributed by atoms with Gasteiger partial charge in [0.15, 0.2) is 17.3 Å². The molecule has 2 aromatic heterocycles. The van der Waals surface area contributed by atoms with E-state index >= 15 is 0 Å². The summed E-state index contributed by atoms with van der Waals surface area (Å²) >= 11 is 0. The number of anilines is 1. The molecule has 2 saturated heterocycles. The van der Waals surface area contributed by atoms with Crippen molar-refractivity contribution < 1.29 is 13.7 Å². The van der Waals surface area contributed by atoms with E-state index in [4.69, 9.17) is 25.0 Å². The summed E-state index contributed by atoms with van der Waals surface area (Å²) < 4.78 is 26.8. The van der Waals surface area contributed by atoms with Crippen LogP contribution >= 0.6 is 0 Å². The van der Waals surface area contributed by atoms with E-state index in [2.05, 4.69) is 29.2 Å². The molecule has 9 nitrogen and oxygen atoms in total. The summed E-state index contributed by atoms with van der Waals surface area (Å²) in [4.78, 5) is 14.3. The molecular formula is C32H38FN7O2. The highest BCUT2D eigenvalue weighted by Crippen LogP contribution is 2.54. The van der Waals surface area contributed by atoms with E-state index in [-0.39, 0.29) is 18.1 Å². The van der Waals surface area contributed by atoms with Crippen molar-refractivity contribution in [2.24, 2.45) is 0 Å². The van der Waals surface area contributed by atoms with Crippen molar-refractivity contribution in [3.63, 3.8) is 0 Å². The molecule has 1 aromatic carbocycles. The molecule has 0 saturated carbocycles.